The lowest BCUT2D eigenvalue weighted by atomic mass is 10.1. The number of ether oxygens (including phenoxy) is 2. The van der Waals surface area contributed by atoms with Gasteiger partial charge in [0.15, 0.2) is 5.78 Å². The first-order valence-corrected chi connectivity index (χ1v) is 4.95. The summed E-state index contributed by atoms with van der Waals surface area (Å²) in [7, 11) is 1.61. The maximum Gasteiger partial charge on any atom is 0.163 e. The molecule has 1 rings (SSSR count). The van der Waals surface area contributed by atoms with E-state index in [0.29, 0.717) is 6.61 Å². The smallest absolute Gasteiger partial charge is 0.163 e. The number of ketones is 1. The molecule has 1 atom stereocenters. The number of Topliss-reactive ketones (excluding diaryl/α,β-unsaturated/α-hetero) is 1. The third-order valence-electron chi connectivity index (χ3n) is 2.12. The number of hydrogen-bond donors (Lipinski definition) is 0. The summed E-state index contributed by atoms with van der Waals surface area (Å²) in [5.74, 6) is 0.791. The fourth-order valence-electron chi connectivity index (χ4n) is 1.39. The summed E-state index contributed by atoms with van der Waals surface area (Å²) in [5.41, 5.74) is 0.866. The van der Waals surface area contributed by atoms with Crippen molar-refractivity contribution in [2.24, 2.45) is 0 Å². The van der Waals surface area contributed by atoms with Crippen molar-refractivity contribution in [2.75, 3.05) is 13.7 Å². The van der Waals surface area contributed by atoms with Crippen molar-refractivity contribution in [3.8, 4) is 5.75 Å². The van der Waals surface area contributed by atoms with Gasteiger partial charge in [0.1, 0.15) is 11.9 Å². The highest BCUT2D eigenvalue weighted by molar-refractivity contribution is 5.81. The van der Waals surface area contributed by atoms with Gasteiger partial charge in [0, 0.05) is 6.61 Å². The van der Waals surface area contributed by atoms with Gasteiger partial charge in [-0.15, -0.1) is 0 Å². The maximum absolute atomic E-state index is 11.3. The van der Waals surface area contributed by atoms with Crippen LogP contribution >= 0.6 is 0 Å². The molecular weight excluding hydrogens is 192 g/mol. The molecular formula is C12H16O3. The molecule has 82 valence electrons. The fourth-order valence-corrected chi connectivity index (χ4v) is 1.39. The van der Waals surface area contributed by atoms with Crippen molar-refractivity contribution < 1.29 is 14.3 Å². The third kappa shape index (κ3) is 3.06. The first kappa shape index (κ1) is 11.7. The Morgan fingerprint density at radius 3 is 2.33 bits per heavy atom. The predicted molar refractivity (Wildman–Crippen MR) is 58.0 cm³/mol. The summed E-state index contributed by atoms with van der Waals surface area (Å²) in [6.07, 6.45) is -0.457. The first-order valence-electron chi connectivity index (χ1n) is 4.95. The topological polar surface area (TPSA) is 35.5 Å². The van der Waals surface area contributed by atoms with Crippen LogP contribution in [-0.2, 0) is 9.53 Å². The SMILES string of the molecule is CCOC(C(C)=O)c1ccc(OC)cc1. The van der Waals surface area contributed by atoms with Gasteiger partial charge in [0.2, 0.25) is 0 Å². The van der Waals surface area contributed by atoms with Crippen LogP contribution in [0.3, 0.4) is 0 Å². The molecule has 0 bridgehead atoms. The fraction of sp³-hybridized carbons (Fsp3) is 0.417. The molecule has 0 amide bonds. The Kier molecular flexibility index (Phi) is 4.31. The summed E-state index contributed by atoms with van der Waals surface area (Å²) < 4.78 is 10.4. The zero-order valence-corrected chi connectivity index (χ0v) is 9.32. The van der Waals surface area contributed by atoms with Gasteiger partial charge in [-0.3, -0.25) is 4.79 Å². The van der Waals surface area contributed by atoms with Gasteiger partial charge >= 0.3 is 0 Å². The Labute approximate surface area is 90.0 Å². The van der Waals surface area contributed by atoms with E-state index in [1.807, 2.05) is 31.2 Å². The molecule has 0 aromatic heterocycles. The van der Waals surface area contributed by atoms with Crippen LogP contribution in [0.1, 0.15) is 25.5 Å². The van der Waals surface area contributed by atoms with Crippen LogP contribution in [0.25, 0.3) is 0 Å². The highest BCUT2D eigenvalue weighted by Crippen LogP contribution is 2.21. The first-order chi connectivity index (χ1) is 7.19. The average Bonchev–Trinajstić information content (AvgIpc) is 2.26. The molecule has 0 fully saturated rings. The zero-order valence-electron chi connectivity index (χ0n) is 9.32. The van der Waals surface area contributed by atoms with Crippen molar-refractivity contribution >= 4 is 5.78 Å². The Bertz CT molecular complexity index is 316. The summed E-state index contributed by atoms with van der Waals surface area (Å²) >= 11 is 0. The molecule has 0 saturated carbocycles. The van der Waals surface area contributed by atoms with Crippen LogP contribution in [0.2, 0.25) is 0 Å². The van der Waals surface area contributed by atoms with Gasteiger partial charge < -0.3 is 9.47 Å². The van der Waals surface area contributed by atoms with E-state index in [4.69, 9.17) is 9.47 Å². The number of benzene rings is 1. The molecule has 0 saturated heterocycles. The molecule has 1 aromatic rings. The van der Waals surface area contributed by atoms with Crippen LogP contribution in [0.15, 0.2) is 24.3 Å². The van der Waals surface area contributed by atoms with E-state index < -0.39 is 6.10 Å². The van der Waals surface area contributed by atoms with E-state index in [0.717, 1.165) is 11.3 Å². The molecule has 0 spiro atoms. The lowest BCUT2D eigenvalue weighted by Crippen LogP contribution is -2.12. The Balaban J connectivity index is 2.86. The van der Waals surface area contributed by atoms with Gasteiger partial charge in [0.05, 0.1) is 7.11 Å². The Hall–Kier alpha value is -1.35. The van der Waals surface area contributed by atoms with Gasteiger partial charge in [-0.05, 0) is 31.5 Å². The Morgan fingerprint density at radius 2 is 1.93 bits per heavy atom. The van der Waals surface area contributed by atoms with Crippen LogP contribution in [0.5, 0.6) is 5.75 Å². The van der Waals surface area contributed by atoms with Crippen LogP contribution in [0, 0.1) is 0 Å². The normalized spacial score (nSPS) is 12.2. The molecule has 0 aliphatic carbocycles. The molecule has 3 nitrogen and oxygen atoms in total. The summed E-state index contributed by atoms with van der Waals surface area (Å²) in [6, 6.07) is 7.34. The molecule has 15 heavy (non-hydrogen) atoms. The average molecular weight is 208 g/mol. The van der Waals surface area contributed by atoms with E-state index in [1.54, 1.807) is 7.11 Å². The molecule has 1 unspecified atom stereocenters. The van der Waals surface area contributed by atoms with Crippen LogP contribution < -0.4 is 4.74 Å². The molecule has 3 heteroatoms. The van der Waals surface area contributed by atoms with Gasteiger partial charge in [0.25, 0.3) is 0 Å². The molecule has 0 aliphatic rings. The van der Waals surface area contributed by atoms with Crippen molar-refractivity contribution in [2.45, 2.75) is 20.0 Å². The van der Waals surface area contributed by atoms with Crippen molar-refractivity contribution in [3.05, 3.63) is 29.8 Å². The summed E-state index contributed by atoms with van der Waals surface area (Å²) in [6.45, 7) is 3.93. The second-order valence-corrected chi connectivity index (χ2v) is 3.22. The lowest BCUT2D eigenvalue weighted by molar-refractivity contribution is -0.128. The van der Waals surface area contributed by atoms with E-state index in [1.165, 1.54) is 6.92 Å². The summed E-state index contributed by atoms with van der Waals surface area (Å²) in [4.78, 5) is 11.3. The zero-order chi connectivity index (χ0) is 11.3. The van der Waals surface area contributed by atoms with Gasteiger partial charge in [-0.2, -0.15) is 0 Å². The van der Waals surface area contributed by atoms with E-state index in [9.17, 15) is 4.79 Å². The Morgan fingerprint density at radius 1 is 1.33 bits per heavy atom. The second-order valence-electron chi connectivity index (χ2n) is 3.22. The third-order valence-corrected chi connectivity index (χ3v) is 2.12. The monoisotopic (exact) mass is 208 g/mol. The molecule has 1 aromatic carbocycles. The minimum absolute atomic E-state index is 0.0158. The van der Waals surface area contributed by atoms with Gasteiger partial charge in [-0.25, -0.2) is 0 Å². The number of carbonyl (C=O) groups is 1. The van der Waals surface area contributed by atoms with E-state index in [-0.39, 0.29) is 5.78 Å². The molecule has 0 aliphatic heterocycles. The number of methoxy groups -OCH3 is 1. The number of carbonyl (C=O) groups excluding carboxylic acids is 1. The summed E-state index contributed by atoms with van der Waals surface area (Å²) in [5, 5.41) is 0. The molecule has 0 heterocycles. The lowest BCUT2D eigenvalue weighted by Gasteiger charge is -2.14. The second kappa shape index (κ2) is 5.51. The largest absolute Gasteiger partial charge is 0.497 e. The quantitative estimate of drug-likeness (QED) is 0.745. The standard InChI is InChI=1S/C12H16O3/c1-4-15-12(9(2)13)10-5-7-11(14-3)8-6-10/h5-8,12H,4H2,1-3H3. The van der Waals surface area contributed by atoms with Crippen LogP contribution in [0.4, 0.5) is 0 Å². The minimum atomic E-state index is -0.457. The maximum atomic E-state index is 11.3. The van der Waals surface area contributed by atoms with E-state index in [2.05, 4.69) is 0 Å². The molecule has 0 N–H and O–H groups in total. The predicted octanol–water partition coefficient (Wildman–Crippen LogP) is 2.36. The number of hydrogen-bond acceptors (Lipinski definition) is 3. The van der Waals surface area contributed by atoms with Crippen molar-refractivity contribution in [3.63, 3.8) is 0 Å². The van der Waals surface area contributed by atoms with Crippen molar-refractivity contribution in [1.29, 1.82) is 0 Å². The molecule has 0 radical (unpaired) electrons. The highest BCUT2D eigenvalue weighted by atomic mass is 16.5. The highest BCUT2D eigenvalue weighted by Gasteiger charge is 2.16. The van der Waals surface area contributed by atoms with E-state index >= 15 is 0 Å². The minimum Gasteiger partial charge on any atom is -0.497 e. The van der Waals surface area contributed by atoms with Gasteiger partial charge in [-0.1, -0.05) is 12.1 Å². The number of rotatable bonds is 5. The van der Waals surface area contributed by atoms with Crippen LogP contribution in [-0.4, -0.2) is 19.5 Å². The van der Waals surface area contributed by atoms with Crippen molar-refractivity contribution in [1.82, 2.24) is 0 Å².